The monoisotopic (exact) mass is 379 g/mol. The van der Waals surface area contributed by atoms with Gasteiger partial charge in [-0.15, -0.1) is 0 Å². The number of aromatic nitrogens is 2. The Morgan fingerprint density at radius 2 is 1.79 bits per heavy atom. The van der Waals surface area contributed by atoms with E-state index in [0.29, 0.717) is 34.0 Å². The van der Waals surface area contributed by atoms with Gasteiger partial charge in [-0.2, -0.15) is 0 Å². The van der Waals surface area contributed by atoms with Crippen molar-refractivity contribution < 1.29 is 19.0 Å². The van der Waals surface area contributed by atoms with E-state index in [1.807, 2.05) is 24.3 Å². The van der Waals surface area contributed by atoms with E-state index < -0.39 is 0 Å². The summed E-state index contributed by atoms with van der Waals surface area (Å²) in [4.78, 5) is 20.0. The lowest BCUT2D eigenvalue weighted by molar-refractivity contribution is -0.112. The Morgan fingerprint density at radius 1 is 1.04 bits per heavy atom. The molecule has 0 aliphatic carbocycles. The van der Waals surface area contributed by atoms with Crippen LogP contribution in [0.3, 0.4) is 0 Å². The summed E-state index contributed by atoms with van der Waals surface area (Å²) >= 11 is 0. The summed E-state index contributed by atoms with van der Waals surface area (Å²) in [6, 6.07) is 9.38. The van der Waals surface area contributed by atoms with Crippen LogP contribution < -0.4 is 19.5 Å². The molecule has 7 nitrogen and oxygen atoms in total. The SMILES string of the molecule is COc1cc2ncnc(Nc3ccccc3C=CC(C)=O)c2c(OC)c1OC. The number of hydrogen-bond acceptors (Lipinski definition) is 7. The van der Waals surface area contributed by atoms with Crippen molar-refractivity contribution in [3.05, 3.63) is 48.3 Å². The fourth-order valence-corrected chi connectivity index (χ4v) is 2.87. The largest absolute Gasteiger partial charge is 0.493 e. The summed E-state index contributed by atoms with van der Waals surface area (Å²) in [6.45, 7) is 1.51. The zero-order valence-electron chi connectivity index (χ0n) is 16.1. The maximum atomic E-state index is 11.3. The Kier molecular flexibility index (Phi) is 5.74. The lowest BCUT2D eigenvalue weighted by atomic mass is 10.1. The molecule has 1 heterocycles. The minimum absolute atomic E-state index is 0.0270. The molecule has 0 spiro atoms. The van der Waals surface area contributed by atoms with Gasteiger partial charge in [0.15, 0.2) is 17.3 Å². The first-order valence-electron chi connectivity index (χ1n) is 8.57. The van der Waals surface area contributed by atoms with Crippen LogP contribution >= 0.6 is 0 Å². The number of fused-ring (bicyclic) bond motifs is 1. The molecule has 3 rings (SSSR count). The standard InChI is InChI=1S/C21H21N3O4/c1-13(25)9-10-14-7-5-6-8-15(14)24-21-18-16(22-12-23-21)11-17(26-2)19(27-3)20(18)28-4/h5-12H,1-4H3,(H,22,23,24). The number of carbonyl (C=O) groups is 1. The van der Waals surface area contributed by atoms with Crippen molar-refractivity contribution in [2.45, 2.75) is 6.92 Å². The van der Waals surface area contributed by atoms with Gasteiger partial charge in [-0.3, -0.25) is 4.79 Å². The fourth-order valence-electron chi connectivity index (χ4n) is 2.87. The second kappa shape index (κ2) is 8.39. The van der Waals surface area contributed by atoms with Crippen molar-refractivity contribution in [1.82, 2.24) is 9.97 Å². The number of carbonyl (C=O) groups excluding carboxylic acids is 1. The van der Waals surface area contributed by atoms with Crippen molar-refractivity contribution in [3.8, 4) is 17.2 Å². The molecule has 28 heavy (non-hydrogen) atoms. The summed E-state index contributed by atoms with van der Waals surface area (Å²) < 4.78 is 16.5. The Morgan fingerprint density at radius 3 is 2.46 bits per heavy atom. The number of nitrogens with zero attached hydrogens (tertiary/aromatic N) is 2. The zero-order chi connectivity index (χ0) is 20.1. The highest BCUT2D eigenvalue weighted by molar-refractivity contribution is 6.00. The predicted octanol–water partition coefficient (Wildman–Crippen LogP) is 4.00. The highest BCUT2D eigenvalue weighted by Gasteiger charge is 2.20. The van der Waals surface area contributed by atoms with Crippen LogP contribution in [-0.2, 0) is 4.79 Å². The molecule has 0 bridgehead atoms. The lowest BCUT2D eigenvalue weighted by Gasteiger charge is -2.17. The molecule has 144 valence electrons. The normalized spacial score (nSPS) is 10.9. The number of ether oxygens (including phenoxy) is 3. The van der Waals surface area contributed by atoms with Gasteiger partial charge in [0.05, 0.1) is 32.2 Å². The van der Waals surface area contributed by atoms with E-state index in [9.17, 15) is 4.79 Å². The molecule has 0 atom stereocenters. The molecule has 2 aromatic carbocycles. The van der Waals surface area contributed by atoms with Crippen LogP contribution in [-0.4, -0.2) is 37.1 Å². The van der Waals surface area contributed by atoms with Gasteiger partial charge >= 0.3 is 0 Å². The van der Waals surface area contributed by atoms with E-state index in [2.05, 4.69) is 15.3 Å². The molecule has 1 N–H and O–H groups in total. The van der Waals surface area contributed by atoms with E-state index in [4.69, 9.17) is 14.2 Å². The van der Waals surface area contributed by atoms with Gasteiger partial charge in [-0.1, -0.05) is 18.2 Å². The summed E-state index contributed by atoms with van der Waals surface area (Å²) in [5, 5.41) is 3.97. The number of methoxy groups -OCH3 is 3. The molecule has 0 fully saturated rings. The molecule has 0 saturated carbocycles. The number of benzene rings is 2. The van der Waals surface area contributed by atoms with Gasteiger partial charge in [0.2, 0.25) is 5.75 Å². The maximum Gasteiger partial charge on any atom is 0.204 e. The number of allylic oxidation sites excluding steroid dienone is 1. The van der Waals surface area contributed by atoms with Gasteiger partial charge in [0.1, 0.15) is 12.1 Å². The van der Waals surface area contributed by atoms with E-state index in [0.717, 1.165) is 11.3 Å². The lowest BCUT2D eigenvalue weighted by Crippen LogP contribution is -2.02. The summed E-state index contributed by atoms with van der Waals surface area (Å²) in [5.41, 5.74) is 2.28. The molecule has 0 aliphatic rings. The van der Waals surface area contributed by atoms with E-state index in [-0.39, 0.29) is 5.78 Å². The zero-order valence-corrected chi connectivity index (χ0v) is 16.1. The average Bonchev–Trinajstić information content (AvgIpc) is 2.71. The van der Waals surface area contributed by atoms with Gasteiger partial charge in [-0.25, -0.2) is 9.97 Å². The molecule has 1 aromatic heterocycles. The van der Waals surface area contributed by atoms with Gasteiger partial charge in [0.25, 0.3) is 0 Å². The second-order valence-corrected chi connectivity index (χ2v) is 5.92. The van der Waals surface area contributed by atoms with Gasteiger partial charge < -0.3 is 19.5 Å². The number of nitrogens with one attached hydrogen (secondary N) is 1. The fraction of sp³-hybridized carbons (Fsp3) is 0.190. The summed E-state index contributed by atoms with van der Waals surface area (Å²) in [7, 11) is 4.66. The van der Waals surface area contributed by atoms with Gasteiger partial charge in [-0.05, 0) is 30.7 Å². The third-order valence-electron chi connectivity index (χ3n) is 4.14. The van der Waals surface area contributed by atoms with Crippen molar-refractivity contribution in [2.75, 3.05) is 26.6 Å². The van der Waals surface area contributed by atoms with Crippen molar-refractivity contribution in [3.63, 3.8) is 0 Å². The van der Waals surface area contributed by atoms with Crippen molar-refractivity contribution in [2.24, 2.45) is 0 Å². The highest BCUT2D eigenvalue weighted by Crippen LogP contribution is 2.45. The average molecular weight is 379 g/mol. The molecular weight excluding hydrogens is 358 g/mol. The first-order chi connectivity index (χ1) is 13.6. The number of anilines is 2. The minimum atomic E-state index is -0.0270. The van der Waals surface area contributed by atoms with Gasteiger partial charge in [0, 0.05) is 11.8 Å². The van der Waals surface area contributed by atoms with E-state index in [1.165, 1.54) is 19.3 Å². The predicted molar refractivity (Wildman–Crippen MR) is 109 cm³/mol. The Bertz CT molecular complexity index is 1050. The molecule has 0 amide bonds. The molecule has 3 aromatic rings. The quantitative estimate of drug-likeness (QED) is 0.621. The number of ketones is 1. The van der Waals surface area contributed by atoms with Crippen molar-refractivity contribution in [1.29, 1.82) is 0 Å². The highest BCUT2D eigenvalue weighted by atomic mass is 16.5. The Hall–Kier alpha value is -3.61. The van der Waals surface area contributed by atoms with Crippen LogP contribution in [0.15, 0.2) is 42.7 Å². The number of para-hydroxylation sites is 1. The van der Waals surface area contributed by atoms with Crippen molar-refractivity contribution >= 4 is 34.3 Å². The number of rotatable bonds is 7. The topological polar surface area (TPSA) is 82.6 Å². The first kappa shape index (κ1) is 19.2. The number of hydrogen-bond donors (Lipinski definition) is 1. The van der Waals surface area contributed by atoms with Crippen LogP contribution in [0.1, 0.15) is 12.5 Å². The van der Waals surface area contributed by atoms with Crippen LogP contribution in [0.4, 0.5) is 11.5 Å². The summed E-state index contributed by atoms with van der Waals surface area (Å²) in [6.07, 6.45) is 4.74. The van der Waals surface area contributed by atoms with E-state index in [1.54, 1.807) is 33.5 Å². The second-order valence-electron chi connectivity index (χ2n) is 5.92. The third-order valence-corrected chi connectivity index (χ3v) is 4.14. The molecule has 7 heteroatoms. The smallest absolute Gasteiger partial charge is 0.204 e. The van der Waals surface area contributed by atoms with Crippen LogP contribution in [0.25, 0.3) is 17.0 Å². The Balaban J connectivity index is 2.17. The van der Waals surface area contributed by atoms with Crippen LogP contribution in [0.5, 0.6) is 17.2 Å². The van der Waals surface area contributed by atoms with E-state index >= 15 is 0 Å². The van der Waals surface area contributed by atoms with Crippen LogP contribution in [0.2, 0.25) is 0 Å². The molecule has 0 unspecified atom stereocenters. The Labute approximate surface area is 163 Å². The third kappa shape index (κ3) is 3.73. The summed E-state index contributed by atoms with van der Waals surface area (Å²) in [5.74, 6) is 1.96. The molecular formula is C21H21N3O4. The first-order valence-corrected chi connectivity index (χ1v) is 8.57. The molecule has 0 radical (unpaired) electrons. The van der Waals surface area contributed by atoms with Crippen LogP contribution in [0, 0.1) is 0 Å². The molecule has 0 saturated heterocycles. The molecule has 0 aliphatic heterocycles. The minimum Gasteiger partial charge on any atom is -0.493 e. The maximum absolute atomic E-state index is 11.3.